The van der Waals surface area contributed by atoms with Crippen molar-refractivity contribution < 1.29 is 4.21 Å². The summed E-state index contributed by atoms with van der Waals surface area (Å²) in [5.74, 6) is 0.793. The van der Waals surface area contributed by atoms with Crippen LogP contribution in [-0.2, 0) is 10.8 Å². The summed E-state index contributed by atoms with van der Waals surface area (Å²) < 4.78 is 11.4. The number of benzene rings is 1. The summed E-state index contributed by atoms with van der Waals surface area (Å²) in [6.45, 7) is 1.97. The van der Waals surface area contributed by atoms with Crippen molar-refractivity contribution in [1.82, 2.24) is 15.0 Å². The van der Waals surface area contributed by atoms with Crippen LogP contribution < -0.4 is 0 Å². The zero-order chi connectivity index (χ0) is 14.8. The van der Waals surface area contributed by atoms with Gasteiger partial charge in [0.25, 0.3) is 0 Å². The van der Waals surface area contributed by atoms with Gasteiger partial charge in [0.2, 0.25) is 0 Å². The summed E-state index contributed by atoms with van der Waals surface area (Å²) in [6.07, 6.45) is 5.26. The van der Waals surface area contributed by atoms with E-state index in [2.05, 4.69) is 15.0 Å². The molecule has 106 valence electrons. The zero-order valence-corrected chi connectivity index (χ0v) is 12.6. The number of aromatic nitrogens is 3. The zero-order valence-electron chi connectivity index (χ0n) is 11.8. The summed E-state index contributed by atoms with van der Waals surface area (Å²) in [7, 11) is -0.960. The second-order valence-corrected chi connectivity index (χ2v) is 6.14. The third-order valence-electron chi connectivity index (χ3n) is 3.33. The topological polar surface area (TPSA) is 58.6 Å². The minimum atomic E-state index is -0.960. The molecule has 0 radical (unpaired) electrons. The van der Waals surface area contributed by atoms with Gasteiger partial charge >= 0.3 is 0 Å². The normalized spacial score (nSPS) is 12.3. The Morgan fingerprint density at radius 1 is 1.10 bits per heavy atom. The highest BCUT2D eigenvalue weighted by atomic mass is 32.2. The molecule has 0 aliphatic rings. The van der Waals surface area contributed by atoms with Gasteiger partial charge in [0.1, 0.15) is 5.82 Å². The number of H-pyrrole nitrogens is 1. The van der Waals surface area contributed by atoms with Crippen molar-refractivity contribution >= 4 is 10.8 Å². The average molecular weight is 297 g/mol. The van der Waals surface area contributed by atoms with Gasteiger partial charge in [0.15, 0.2) is 0 Å². The lowest BCUT2D eigenvalue weighted by atomic mass is 10.1. The first-order valence-corrected chi connectivity index (χ1v) is 8.12. The van der Waals surface area contributed by atoms with Gasteiger partial charge in [0.05, 0.1) is 11.9 Å². The van der Waals surface area contributed by atoms with Crippen molar-refractivity contribution in [1.29, 1.82) is 0 Å². The molecule has 0 spiro atoms. The highest BCUT2D eigenvalue weighted by Crippen LogP contribution is 2.24. The summed E-state index contributed by atoms with van der Waals surface area (Å²) in [5, 5.41) is 0. The molecule has 1 atom stereocenters. The predicted octanol–water partition coefficient (Wildman–Crippen LogP) is 3.18. The number of nitrogens with zero attached hydrogens (tertiary/aromatic N) is 2. The van der Waals surface area contributed by atoms with Crippen molar-refractivity contribution in [2.24, 2.45) is 0 Å². The van der Waals surface area contributed by atoms with E-state index in [1.807, 2.05) is 49.5 Å². The Morgan fingerprint density at radius 3 is 2.52 bits per heavy atom. The predicted molar refractivity (Wildman–Crippen MR) is 84.3 cm³/mol. The average Bonchev–Trinajstić information content (AvgIpc) is 2.97. The Labute approximate surface area is 125 Å². The third-order valence-corrected chi connectivity index (χ3v) is 4.27. The van der Waals surface area contributed by atoms with Crippen LogP contribution in [0.3, 0.4) is 0 Å². The van der Waals surface area contributed by atoms with Crippen LogP contribution in [0.5, 0.6) is 0 Å². The van der Waals surface area contributed by atoms with E-state index in [4.69, 9.17) is 0 Å². The number of rotatable bonds is 3. The molecule has 0 amide bonds. The first kappa shape index (κ1) is 13.7. The lowest BCUT2D eigenvalue weighted by Gasteiger charge is -2.01. The summed E-state index contributed by atoms with van der Waals surface area (Å²) in [6, 6.07) is 11.5. The van der Waals surface area contributed by atoms with E-state index in [9.17, 15) is 4.21 Å². The summed E-state index contributed by atoms with van der Waals surface area (Å²) >= 11 is 0. The smallest absolute Gasteiger partial charge is 0.137 e. The standard InChI is InChI=1S/C16H15N3OS/c1-11-14(4-3-9-17-11)15-10-18-16(19-15)12-5-7-13(8-6-12)21(2)20/h3-10H,1-2H3,(H,18,19). The molecule has 2 heterocycles. The number of imidazole rings is 1. The van der Waals surface area contributed by atoms with Gasteiger partial charge in [-0.1, -0.05) is 12.1 Å². The van der Waals surface area contributed by atoms with Gasteiger partial charge in [-0.3, -0.25) is 9.19 Å². The van der Waals surface area contributed by atoms with E-state index < -0.39 is 10.8 Å². The fourth-order valence-corrected chi connectivity index (χ4v) is 2.70. The van der Waals surface area contributed by atoms with Crippen LogP contribution in [0.1, 0.15) is 5.69 Å². The van der Waals surface area contributed by atoms with Gasteiger partial charge in [0, 0.05) is 45.0 Å². The molecular weight excluding hydrogens is 282 g/mol. The fourth-order valence-electron chi connectivity index (χ4n) is 2.18. The number of pyridine rings is 1. The van der Waals surface area contributed by atoms with Crippen LogP contribution in [0.2, 0.25) is 0 Å². The van der Waals surface area contributed by atoms with Crippen molar-refractivity contribution in [2.45, 2.75) is 11.8 Å². The number of nitrogens with one attached hydrogen (secondary N) is 1. The second kappa shape index (κ2) is 5.61. The fraction of sp³-hybridized carbons (Fsp3) is 0.125. The first-order chi connectivity index (χ1) is 10.1. The molecule has 3 aromatic rings. The van der Waals surface area contributed by atoms with Crippen LogP contribution in [0, 0.1) is 6.92 Å². The van der Waals surface area contributed by atoms with E-state index in [1.54, 1.807) is 12.5 Å². The van der Waals surface area contributed by atoms with E-state index in [0.29, 0.717) is 0 Å². The maximum Gasteiger partial charge on any atom is 0.137 e. The number of aryl methyl sites for hydroxylation is 1. The van der Waals surface area contributed by atoms with Crippen molar-refractivity contribution in [3.63, 3.8) is 0 Å². The van der Waals surface area contributed by atoms with Crippen LogP contribution in [0.15, 0.2) is 53.7 Å². The Morgan fingerprint density at radius 2 is 1.86 bits per heavy atom. The number of aromatic amines is 1. The molecule has 4 nitrogen and oxygen atoms in total. The molecule has 1 aromatic carbocycles. The first-order valence-electron chi connectivity index (χ1n) is 6.56. The molecule has 0 saturated carbocycles. The third kappa shape index (κ3) is 2.78. The molecule has 0 saturated heterocycles. The van der Waals surface area contributed by atoms with E-state index in [1.165, 1.54) is 0 Å². The van der Waals surface area contributed by atoms with E-state index in [-0.39, 0.29) is 0 Å². The molecule has 5 heteroatoms. The Kier molecular flexibility index (Phi) is 3.66. The summed E-state index contributed by atoms with van der Waals surface area (Å²) in [5.41, 5.74) is 3.92. The molecule has 21 heavy (non-hydrogen) atoms. The van der Waals surface area contributed by atoms with Gasteiger partial charge in [-0.15, -0.1) is 0 Å². The Hall–Kier alpha value is -2.27. The quantitative estimate of drug-likeness (QED) is 0.807. The largest absolute Gasteiger partial charge is 0.338 e. The minimum absolute atomic E-state index is 0.793. The molecule has 1 unspecified atom stereocenters. The van der Waals surface area contributed by atoms with Crippen LogP contribution in [0.4, 0.5) is 0 Å². The van der Waals surface area contributed by atoms with Crippen LogP contribution >= 0.6 is 0 Å². The van der Waals surface area contributed by atoms with Gasteiger partial charge in [-0.25, -0.2) is 4.98 Å². The highest BCUT2D eigenvalue weighted by molar-refractivity contribution is 7.84. The Bertz CT molecular complexity index is 793. The maximum absolute atomic E-state index is 11.4. The van der Waals surface area contributed by atoms with Crippen molar-refractivity contribution in [3.8, 4) is 22.6 Å². The van der Waals surface area contributed by atoms with Crippen molar-refractivity contribution in [2.75, 3.05) is 6.26 Å². The van der Waals surface area contributed by atoms with Gasteiger partial charge < -0.3 is 4.98 Å². The minimum Gasteiger partial charge on any atom is -0.338 e. The molecule has 0 fully saturated rings. The van der Waals surface area contributed by atoms with Gasteiger partial charge in [-0.05, 0) is 31.2 Å². The van der Waals surface area contributed by atoms with Crippen LogP contribution in [0.25, 0.3) is 22.6 Å². The van der Waals surface area contributed by atoms with Crippen molar-refractivity contribution in [3.05, 3.63) is 54.5 Å². The molecule has 0 bridgehead atoms. The lowest BCUT2D eigenvalue weighted by molar-refractivity contribution is 0.687. The molecule has 1 N–H and O–H groups in total. The molecule has 0 aliphatic heterocycles. The number of hydrogen-bond acceptors (Lipinski definition) is 3. The Balaban J connectivity index is 1.95. The maximum atomic E-state index is 11.4. The van der Waals surface area contributed by atoms with Crippen LogP contribution in [-0.4, -0.2) is 25.4 Å². The van der Waals surface area contributed by atoms with E-state index in [0.717, 1.165) is 33.2 Å². The molecule has 2 aromatic heterocycles. The summed E-state index contributed by atoms with van der Waals surface area (Å²) in [4.78, 5) is 12.8. The molecule has 3 rings (SSSR count). The molecular formula is C16H15N3OS. The monoisotopic (exact) mass is 297 g/mol. The SMILES string of the molecule is Cc1ncccc1-c1cnc(-c2ccc(S(C)=O)cc2)[nH]1. The number of hydrogen-bond donors (Lipinski definition) is 1. The lowest BCUT2D eigenvalue weighted by Crippen LogP contribution is -1.88. The van der Waals surface area contributed by atoms with Gasteiger partial charge in [-0.2, -0.15) is 0 Å². The highest BCUT2D eigenvalue weighted by Gasteiger charge is 2.08. The second-order valence-electron chi connectivity index (χ2n) is 4.76. The van der Waals surface area contributed by atoms with E-state index >= 15 is 0 Å². The molecule has 0 aliphatic carbocycles.